The summed E-state index contributed by atoms with van der Waals surface area (Å²) >= 11 is 6.83. The fraction of sp³-hybridized carbons (Fsp3) is 0.222. The van der Waals surface area contributed by atoms with Gasteiger partial charge in [0.15, 0.2) is 0 Å². The van der Waals surface area contributed by atoms with Crippen LogP contribution in [-0.4, -0.2) is 26.4 Å². The highest BCUT2D eigenvalue weighted by atomic mass is 35.5. The van der Waals surface area contributed by atoms with Crippen LogP contribution in [0, 0.1) is 5.92 Å². The van der Waals surface area contributed by atoms with Crippen molar-refractivity contribution in [2.45, 2.75) is 51.6 Å². The smallest absolute Gasteiger partial charge is 0.345 e. The van der Waals surface area contributed by atoms with Gasteiger partial charge in [-0.1, -0.05) is 145 Å². The van der Waals surface area contributed by atoms with Crippen molar-refractivity contribution >= 4 is 33.1 Å². The summed E-state index contributed by atoms with van der Waals surface area (Å²) in [4.78, 5) is 0. The molecule has 1 aliphatic carbocycles. The molecule has 0 aromatic heterocycles. The molecule has 2 atom stereocenters. The average Bonchev–Trinajstić information content (AvgIpc) is 3.30. The van der Waals surface area contributed by atoms with Crippen LogP contribution in [0.4, 0.5) is 8.78 Å². The molecule has 1 heterocycles. The van der Waals surface area contributed by atoms with Crippen molar-refractivity contribution in [3.8, 4) is 11.1 Å². The summed E-state index contributed by atoms with van der Waals surface area (Å²) in [6, 6.07) is 50.7. The van der Waals surface area contributed by atoms with Crippen molar-refractivity contribution < 1.29 is 27.7 Å². The molecule has 0 radical (unpaired) electrons. The summed E-state index contributed by atoms with van der Waals surface area (Å²) in [6.07, 6.45) is 10.3. The minimum atomic E-state index is -2.75. The molecule has 0 amide bonds. The van der Waals surface area contributed by atoms with Crippen LogP contribution in [0.25, 0.3) is 32.7 Å². The number of allylic oxidation sites excluding steroid dienone is 2. The third-order valence-electron chi connectivity index (χ3n) is 11.4. The fourth-order valence-corrected chi connectivity index (χ4v) is 8.55. The van der Waals surface area contributed by atoms with Gasteiger partial charge in [-0.15, -0.1) is 0 Å². The first-order valence-corrected chi connectivity index (χ1v) is 21.3. The molecule has 1 aliphatic heterocycles. The van der Waals surface area contributed by atoms with Crippen molar-refractivity contribution in [3.05, 3.63) is 214 Å². The van der Waals surface area contributed by atoms with E-state index in [4.69, 9.17) is 25.8 Å². The maximum absolute atomic E-state index is 12.4. The van der Waals surface area contributed by atoms with Crippen molar-refractivity contribution in [1.29, 1.82) is 0 Å². The number of aryl methyl sites for hydroxylation is 1. The molecule has 0 N–H and O–H groups in total. The Kier molecular flexibility index (Phi) is 14.3. The molecule has 7 aromatic rings. The maximum atomic E-state index is 12.4. The molecule has 0 spiro atoms. The second kappa shape index (κ2) is 20.8. The summed E-state index contributed by atoms with van der Waals surface area (Å²) in [5.74, 6) is 0.219. The van der Waals surface area contributed by atoms with E-state index >= 15 is 0 Å². The Bertz CT molecular complexity index is 2560. The highest BCUT2D eigenvalue weighted by Crippen LogP contribution is 2.44. The second-order valence-corrected chi connectivity index (χ2v) is 15.9. The summed E-state index contributed by atoms with van der Waals surface area (Å²) in [7, 11) is 0. The third-order valence-corrected chi connectivity index (χ3v) is 11.8. The van der Waals surface area contributed by atoms with Crippen LogP contribution in [0.3, 0.4) is 0 Å². The van der Waals surface area contributed by atoms with E-state index in [1.54, 1.807) is 6.26 Å². The molecule has 0 saturated carbocycles. The minimum absolute atomic E-state index is 0.0150. The Labute approximate surface area is 362 Å². The number of benzene rings is 7. The Hall–Kier alpha value is -5.63. The van der Waals surface area contributed by atoms with Gasteiger partial charge in [-0.3, -0.25) is 0 Å². The van der Waals surface area contributed by atoms with Crippen LogP contribution in [0.15, 0.2) is 170 Å². The molecule has 7 heteroatoms. The van der Waals surface area contributed by atoms with E-state index in [1.165, 1.54) is 43.8 Å². The Balaban J connectivity index is 0.000000789. The quantitative estimate of drug-likeness (QED) is 0.102. The van der Waals surface area contributed by atoms with Gasteiger partial charge < -0.3 is 18.9 Å². The van der Waals surface area contributed by atoms with Crippen LogP contribution in [0.5, 0.6) is 0 Å². The molecule has 9 rings (SSSR count). The van der Waals surface area contributed by atoms with Gasteiger partial charge in [-0.25, -0.2) is 0 Å². The number of alkyl halides is 2. The van der Waals surface area contributed by atoms with E-state index < -0.39 is 6.61 Å². The predicted molar refractivity (Wildman–Crippen MR) is 243 cm³/mol. The van der Waals surface area contributed by atoms with Gasteiger partial charge in [-0.05, 0) is 128 Å². The van der Waals surface area contributed by atoms with E-state index in [-0.39, 0.29) is 18.6 Å². The lowest BCUT2D eigenvalue weighted by molar-refractivity contribution is -0.127. The molecule has 0 saturated heterocycles. The molecular weight excluding hydrogens is 786 g/mol. The monoisotopic (exact) mass is 834 g/mol. The van der Waals surface area contributed by atoms with Crippen LogP contribution in [0.2, 0.25) is 5.02 Å². The fourth-order valence-electron chi connectivity index (χ4n) is 8.37. The van der Waals surface area contributed by atoms with Crippen molar-refractivity contribution in [3.63, 3.8) is 0 Å². The predicted octanol–water partition coefficient (Wildman–Crippen LogP) is 13.8. The summed E-state index contributed by atoms with van der Waals surface area (Å²) in [6.45, 7) is -0.300. The van der Waals surface area contributed by atoms with Gasteiger partial charge in [0.25, 0.3) is 0 Å². The minimum Gasteiger partial charge on any atom is -0.497 e. The second-order valence-electron chi connectivity index (χ2n) is 15.5. The molecule has 310 valence electrons. The summed E-state index contributed by atoms with van der Waals surface area (Å²) < 4.78 is 47.3. The van der Waals surface area contributed by atoms with Crippen LogP contribution >= 0.6 is 11.6 Å². The largest absolute Gasteiger partial charge is 0.497 e. The zero-order valence-corrected chi connectivity index (χ0v) is 34.8. The van der Waals surface area contributed by atoms with E-state index in [1.807, 2.05) is 60.7 Å². The van der Waals surface area contributed by atoms with Gasteiger partial charge >= 0.3 is 6.61 Å². The lowest BCUT2D eigenvalue weighted by Gasteiger charge is -2.34. The lowest BCUT2D eigenvalue weighted by atomic mass is 9.78. The molecule has 0 fully saturated rings. The highest BCUT2D eigenvalue weighted by molar-refractivity contribution is 6.31. The van der Waals surface area contributed by atoms with Crippen molar-refractivity contribution in [2.75, 3.05) is 19.8 Å². The van der Waals surface area contributed by atoms with Crippen LogP contribution in [0.1, 0.15) is 51.5 Å². The van der Waals surface area contributed by atoms with E-state index in [0.29, 0.717) is 37.7 Å². The lowest BCUT2D eigenvalue weighted by Crippen LogP contribution is -2.27. The van der Waals surface area contributed by atoms with E-state index in [9.17, 15) is 8.78 Å². The van der Waals surface area contributed by atoms with Gasteiger partial charge in [0.05, 0.1) is 38.8 Å². The number of fused-ring (bicyclic) bond motifs is 5. The molecular formula is C54H49ClF2O4. The van der Waals surface area contributed by atoms with E-state index in [2.05, 4.69) is 108 Å². The van der Waals surface area contributed by atoms with Crippen LogP contribution < -0.4 is 0 Å². The number of hydrogen-bond acceptors (Lipinski definition) is 4. The summed E-state index contributed by atoms with van der Waals surface area (Å²) in [5.41, 5.74) is 10.3. The molecule has 61 heavy (non-hydrogen) atoms. The van der Waals surface area contributed by atoms with Gasteiger partial charge in [0.2, 0.25) is 0 Å². The first-order chi connectivity index (χ1) is 30.0. The Morgan fingerprint density at radius 2 is 1.38 bits per heavy atom. The molecule has 2 unspecified atom stereocenters. The van der Waals surface area contributed by atoms with Gasteiger partial charge in [0.1, 0.15) is 6.61 Å². The van der Waals surface area contributed by atoms with Crippen LogP contribution in [-0.2, 0) is 51.4 Å². The Morgan fingerprint density at radius 1 is 0.672 bits per heavy atom. The maximum Gasteiger partial charge on any atom is 0.345 e. The molecule has 2 aliphatic rings. The van der Waals surface area contributed by atoms with Crippen molar-refractivity contribution in [1.82, 2.24) is 0 Å². The topological polar surface area (TPSA) is 36.9 Å². The van der Waals surface area contributed by atoms with Gasteiger partial charge in [0, 0.05) is 10.9 Å². The third kappa shape index (κ3) is 10.8. The highest BCUT2D eigenvalue weighted by Gasteiger charge is 2.32. The standard InChI is InChI=1S/C49H43ClF2O3.C5H6O/c50-47-24-20-37(28-39(47)27-34-17-15-33(16-18-34)25-26-54-49(51)52)45-29-46-42(40-13-7-8-14-41(40)45)22-23-44-43(46)21-19-38(32-53-30-35-9-3-1-4-10-35)48(44)55-31-36-11-5-2-6-12-36;1-2-4-6-5-3-1/h1-18,20,22-24,28-29,38,48-49H,19,21,25-27,30-32H2;1-4H,5H2. The Morgan fingerprint density at radius 3 is 2.07 bits per heavy atom. The molecule has 4 nitrogen and oxygen atoms in total. The van der Waals surface area contributed by atoms with Crippen molar-refractivity contribution in [2.24, 2.45) is 5.92 Å². The molecule has 0 bridgehead atoms. The number of rotatable bonds is 14. The first-order valence-electron chi connectivity index (χ1n) is 20.9. The summed E-state index contributed by atoms with van der Waals surface area (Å²) in [5, 5.41) is 5.62. The normalized spacial score (nSPS) is 15.7. The molecule has 7 aromatic carbocycles. The average molecular weight is 835 g/mol. The zero-order valence-electron chi connectivity index (χ0n) is 34.0. The van der Waals surface area contributed by atoms with Gasteiger partial charge in [-0.2, -0.15) is 8.78 Å². The number of halogens is 3. The number of ether oxygens (including phenoxy) is 4. The first kappa shape index (κ1) is 42.1. The number of hydrogen-bond donors (Lipinski definition) is 0. The zero-order chi connectivity index (χ0) is 41.8. The SMILES string of the molecule is C1=CCOC=C1.FC(F)OCCc1ccc(Cc2cc(-c3cc4c5c(ccc4c4ccccc34)C(OCc3ccccc3)C(COCc3ccccc3)CC5)ccc2Cl)cc1. The van der Waals surface area contributed by atoms with E-state index in [0.717, 1.165) is 47.3 Å².